The Labute approximate surface area is 186 Å². The number of benzene rings is 2. The maximum atomic E-state index is 12.8. The molecule has 4 rings (SSSR count). The molecule has 0 aliphatic heterocycles. The van der Waals surface area contributed by atoms with Crippen LogP contribution in [0.4, 0.5) is 0 Å². The molecule has 2 N–H and O–H groups in total. The molecule has 0 aliphatic rings. The SMILES string of the molecule is CCc1ccc2[nH]c(=O)c(CN(Cc3ccco3)C(=S)NCc3ccccc3)cc2c1. The van der Waals surface area contributed by atoms with E-state index in [-0.39, 0.29) is 5.56 Å². The van der Waals surface area contributed by atoms with Crippen LogP contribution in [-0.4, -0.2) is 15.0 Å². The lowest BCUT2D eigenvalue weighted by Gasteiger charge is -2.25. The fraction of sp³-hybridized carbons (Fsp3) is 0.200. The summed E-state index contributed by atoms with van der Waals surface area (Å²) in [5, 5.41) is 4.90. The van der Waals surface area contributed by atoms with Crippen molar-refractivity contribution in [3.8, 4) is 0 Å². The number of thiocarbonyl (C=S) groups is 1. The quantitative estimate of drug-likeness (QED) is 0.413. The first-order chi connectivity index (χ1) is 15.1. The lowest BCUT2D eigenvalue weighted by Crippen LogP contribution is -2.39. The maximum Gasteiger partial charge on any atom is 0.253 e. The van der Waals surface area contributed by atoms with Crippen molar-refractivity contribution in [1.29, 1.82) is 0 Å². The molecule has 5 nitrogen and oxygen atoms in total. The van der Waals surface area contributed by atoms with Gasteiger partial charge in [0.1, 0.15) is 5.76 Å². The van der Waals surface area contributed by atoms with Crippen molar-refractivity contribution in [3.05, 3.63) is 106 Å². The standard InChI is InChI=1S/C25H25N3O2S/c1-2-18-10-11-23-20(13-18)14-21(24(29)27-23)16-28(17-22-9-6-12-30-22)25(31)26-15-19-7-4-3-5-8-19/h3-14H,2,15-17H2,1H3,(H,26,31)(H,27,29). The van der Waals surface area contributed by atoms with E-state index in [1.54, 1.807) is 6.26 Å². The third kappa shape index (κ3) is 5.22. The number of fused-ring (bicyclic) bond motifs is 1. The molecule has 0 bridgehead atoms. The first-order valence-electron chi connectivity index (χ1n) is 10.4. The zero-order valence-corrected chi connectivity index (χ0v) is 18.2. The van der Waals surface area contributed by atoms with Gasteiger partial charge in [0.05, 0.1) is 19.4 Å². The van der Waals surface area contributed by atoms with E-state index in [9.17, 15) is 4.79 Å². The van der Waals surface area contributed by atoms with Crippen LogP contribution in [0.2, 0.25) is 0 Å². The Morgan fingerprint density at radius 1 is 1.03 bits per heavy atom. The highest BCUT2D eigenvalue weighted by Gasteiger charge is 2.15. The molecule has 2 heterocycles. The Kier molecular flexibility index (Phi) is 6.48. The fourth-order valence-corrected chi connectivity index (χ4v) is 3.72. The van der Waals surface area contributed by atoms with E-state index in [2.05, 4.69) is 23.3 Å². The summed E-state index contributed by atoms with van der Waals surface area (Å²) in [5.41, 5.74) is 3.77. The van der Waals surface area contributed by atoms with Crippen molar-refractivity contribution in [1.82, 2.24) is 15.2 Å². The van der Waals surface area contributed by atoms with Crippen LogP contribution in [0.5, 0.6) is 0 Å². The van der Waals surface area contributed by atoms with E-state index < -0.39 is 0 Å². The predicted octanol–water partition coefficient (Wildman–Crippen LogP) is 4.76. The van der Waals surface area contributed by atoms with Crippen LogP contribution in [0.1, 0.15) is 29.4 Å². The van der Waals surface area contributed by atoms with Gasteiger partial charge in [0.2, 0.25) is 0 Å². The van der Waals surface area contributed by atoms with Crippen molar-refractivity contribution in [2.45, 2.75) is 33.0 Å². The minimum absolute atomic E-state index is 0.105. The minimum atomic E-state index is -0.105. The van der Waals surface area contributed by atoms with Gasteiger partial charge in [0, 0.05) is 17.6 Å². The second-order valence-electron chi connectivity index (χ2n) is 7.48. The van der Waals surface area contributed by atoms with Gasteiger partial charge in [-0.1, -0.05) is 43.3 Å². The van der Waals surface area contributed by atoms with Crippen molar-refractivity contribution in [2.75, 3.05) is 0 Å². The number of rotatable bonds is 7. The third-order valence-corrected chi connectivity index (χ3v) is 5.66. The highest BCUT2D eigenvalue weighted by atomic mass is 32.1. The van der Waals surface area contributed by atoms with Crippen LogP contribution in [-0.2, 0) is 26.1 Å². The Hall–Kier alpha value is -3.38. The van der Waals surface area contributed by atoms with Gasteiger partial charge < -0.3 is 19.6 Å². The number of aromatic amines is 1. The Bertz CT molecular complexity index is 1220. The van der Waals surface area contributed by atoms with E-state index in [4.69, 9.17) is 16.6 Å². The number of aromatic nitrogens is 1. The van der Waals surface area contributed by atoms with Gasteiger partial charge in [-0.25, -0.2) is 0 Å². The molecule has 2 aromatic carbocycles. The first-order valence-corrected chi connectivity index (χ1v) is 10.8. The van der Waals surface area contributed by atoms with E-state index >= 15 is 0 Å². The molecule has 2 aromatic heterocycles. The summed E-state index contributed by atoms with van der Waals surface area (Å²) in [7, 11) is 0. The summed E-state index contributed by atoms with van der Waals surface area (Å²) in [5.74, 6) is 0.786. The molecule has 0 spiro atoms. The molecule has 0 amide bonds. The fourth-order valence-electron chi connectivity index (χ4n) is 3.52. The molecule has 6 heteroatoms. The molecule has 0 unspecified atom stereocenters. The second kappa shape index (κ2) is 9.62. The van der Waals surface area contributed by atoms with Crippen LogP contribution >= 0.6 is 12.2 Å². The van der Waals surface area contributed by atoms with E-state index in [0.717, 1.165) is 28.6 Å². The predicted molar refractivity (Wildman–Crippen MR) is 128 cm³/mol. The summed E-state index contributed by atoms with van der Waals surface area (Å²) in [6, 6.07) is 21.9. The largest absolute Gasteiger partial charge is 0.467 e. The lowest BCUT2D eigenvalue weighted by molar-refractivity contribution is 0.350. The van der Waals surface area contributed by atoms with Gasteiger partial charge in [-0.05, 0) is 65.5 Å². The van der Waals surface area contributed by atoms with Crippen LogP contribution in [0.3, 0.4) is 0 Å². The molecule has 0 aliphatic carbocycles. The molecule has 31 heavy (non-hydrogen) atoms. The second-order valence-corrected chi connectivity index (χ2v) is 7.87. The minimum Gasteiger partial charge on any atom is -0.467 e. The molecular weight excluding hydrogens is 406 g/mol. The number of hydrogen-bond donors (Lipinski definition) is 2. The van der Waals surface area contributed by atoms with Crippen LogP contribution in [0.25, 0.3) is 10.9 Å². The van der Waals surface area contributed by atoms with E-state index in [0.29, 0.717) is 30.3 Å². The highest BCUT2D eigenvalue weighted by Crippen LogP contribution is 2.16. The van der Waals surface area contributed by atoms with Gasteiger partial charge in [-0.15, -0.1) is 0 Å². The number of hydrogen-bond acceptors (Lipinski definition) is 3. The molecular formula is C25H25N3O2S. The van der Waals surface area contributed by atoms with E-state index in [1.165, 1.54) is 5.56 Å². The molecule has 0 fully saturated rings. The topological polar surface area (TPSA) is 61.3 Å². The number of nitrogens with zero attached hydrogens (tertiary/aromatic N) is 1. The number of H-pyrrole nitrogens is 1. The maximum absolute atomic E-state index is 12.8. The van der Waals surface area contributed by atoms with Crippen LogP contribution in [0, 0.1) is 0 Å². The molecule has 0 saturated carbocycles. The summed E-state index contributed by atoms with van der Waals surface area (Å²) >= 11 is 5.69. The average molecular weight is 432 g/mol. The highest BCUT2D eigenvalue weighted by molar-refractivity contribution is 7.80. The summed E-state index contributed by atoms with van der Waals surface area (Å²) in [4.78, 5) is 17.7. The summed E-state index contributed by atoms with van der Waals surface area (Å²) in [6.07, 6.45) is 2.59. The van der Waals surface area contributed by atoms with Gasteiger partial charge in [0.25, 0.3) is 5.56 Å². The molecule has 0 atom stereocenters. The summed E-state index contributed by atoms with van der Waals surface area (Å²) in [6.45, 7) is 3.58. The molecule has 4 aromatic rings. The molecule has 0 radical (unpaired) electrons. The third-order valence-electron chi connectivity index (χ3n) is 5.26. The van der Waals surface area contributed by atoms with Crippen molar-refractivity contribution >= 4 is 28.2 Å². The number of pyridine rings is 1. The smallest absolute Gasteiger partial charge is 0.253 e. The van der Waals surface area contributed by atoms with Crippen molar-refractivity contribution in [3.63, 3.8) is 0 Å². The zero-order valence-electron chi connectivity index (χ0n) is 17.4. The van der Waals surface area contributed by atoms with Crippen LogP contribution in [0.15, 0.2) is 82.2 Å². The molecule has 158 valence electrons. The number of aryl methyl sites for hydroxylation is 1. The lowest BCUT2D eigenvalue weighted by atomic mass is 10.1. The van der Waals surface area contributed by atoms with Gasteiger partial charge in [-0.3, -0.25) is 4.79 Å². The first kappa shape index (κ1) is 20.9. The molecule has 0 saturated heterocycles. The number of furan rings is 1. The van der Waals surface area contributed by atoms with Gasteiger partial charge in [-0.2, -0.15) is 0 Å². The van der Waals surface area contributed by atoms with Crippen molar-refractivity contribution < 1.29 is 4.42 Å². The van der Waals surface area contributed by atoms with Crippen LogP contribution < -0.4 is 10.9 Å². The Morgan fingerprint density at radius 3 is 2.61 bits per heavy atom. The van der Waals surface area contributed by atoms with Crippen molar-refractivity contribution in [2.24, 2.45) is 0 Å². The Morgan fingerprint density at radius 2 is 1.87 bits per heavy atom. The summed E-state index contributed by atoms with van der Waals surface area (Å²) < 4.78 is 5.53. The Balaban J connectivity index is 1.58. The van der Waals surface area contributed by atoms with Gasteiger partial charge in [0.15, 0.2) is 5.11 Å². The average Bonchev–Trinajstić information content (AvgIpc) is 3.31. The monoisotopic (exact) mass is 431 g/mol. The van der Waals surface area contributed by atoms with Gasteiger partial charge >= 0.3 is 0 Å². The number of nitrogens with one attached hydrogen (secondary N) is 2. The van der Waals surface area contributed by atoms with E-state index in [1.807, 2.05) is 65.6 Å². The zero-order chi connectivity index (χ0) is 21.6. The normalized spacial score (nSPS) is 10.9.